The molecular weight excluding hydrogens is 144 g/mol. The monoisotopic (exact) mass is 158 g/mol. The summed E-state index contributed by atoms with van der Waals surface area (Å²) in [5.41, 5.74) is 4.31. The summed E-state index contributed by atoms with van der Waals surface area (Å²) in [6.45, 7) is 2.21. The molecule has 0 saturated heterocycles. The summed E-state index contributed by atoms with van der Waals surface area (Å²) >= 11 is 0. The molecule has 0 nitrogen and oxygen atoms in total. The van der Waals surface area contributed by atoms with E-state index in [9.17, 15) is 0 Å². The molecule has 0 N–H and O–H groups in total. The van der Waals surface area contributed by atoms with Crippen molar-refractivity contribution >= 4 is 0 Å². The van der Waals surface area contributed by atoms with Gasteiger partial charge in [0.2, 0.25) is 0 Å². The van der Waals surface area contributed by atoms with Crippen LogP contribution in [0.3, 0.4) is 0 Å². The maximum absolute atomic E-state index is 2.36. The lowest BCUT2D eigenvalue weighted by molar-refractivity contribution is 1.00. The Kier molecular flexibility index (Phi) is 1.99. The fraction of sp³-hybridized carbons (Fsp3) is 0.333. The molecule has 2 rings (SSSR count). The van der Waals surface area contributed by atoms with Crippen molar-refractivity contribution in [2.24, 2.45) is 0 Å². The first-order valence-electron chi connectivity index (χ1n) is 4.62. The van der Waals surface area contributed by atoms with E-state index in [1.807, 2.05) is 0 Å². The second-order valence-corrected chi connectivity index (χ2v) is 3.38. The third-order valence-corrected chi connectivity index (χ3v) is 2.47. The van der Waals surface area contributed by atoms with Gasteiger partial charge in [0, 0.05) is 0 Å². The summed E-state index contributed by atoms with van der Waals surface area (Å²) < 4.78 is 0. The van der Waals surface area contributed by atoms with Crippen molar-refractivity contribution in [3.05, 3.63) is 47.1 Å². The number of rotatable bonds is 0. The largest absolute Gasteiger partial charge is 0.0801 e. The zero-order valence-electron chi connectivity index (χ0n) is 7.51. The van der Waals surface area contributed by atoms with Gasteiger partial charge < -0.3 is 0 Å². The van der Waals surface area contributed by atoms with E-state index in [1.165, 1.54) is 29.6 Å². The lowest BCUT2D eigenvalue weighted by Gasteiger charge is -2.12. The molecule has 0 atom stereocenters. The predicted octanol–water partition coefficient (Wildman–Crippen LogP) is 3.54. The second kappa shape index (κ2) is 3.14. The van der Waals surface area contributed by atoms with Crippen LogP contribution >= 0.6 is 0 Å². The van der Waals surface area contributed by atoms with Crippen LogP contribution in [-0.2, 0) is 0 Å². The molecule has 0 unspecified atom stereocenters. The fourth-order valence-corrected chi connectivity index (χ4v) is 1.79. The molecule has 62 valence electrons. The van der Waals surface area contributed by atoms with E-state index in [4.69, 9.17) is 0 Å². The SMILES string of the molecule is CC1=CCC=CC2=CCCC=C12. The maximum atomic E-state index is 2.36. The average molecular weight is 158 g/mol. The highest BCUT2D eigenvalue weighted by Gasteiger charge is 2.08. The van der Waals surface area contributed by atoms with E-state index < -0.39 is 0 Å². The van der Waals surface area contributed by atoms with Crippen LogP contribution in [0.5, 0.6) is 0 Å². The first-order valence-corrected chi connectivity index (χ1v) is 4.62. The second-order valence-electron chi connectivity index (χ2n) is 3.38. The minimum absolute atomic E-state index is 1.08. The van der Waals surface area contributed by atoms with Crippen LogP contribution in [-0.4, -0.2) is 0 Å². The van der Waals surface area contributed by atoms with Gasteiger partial charge >= 0.3 is 0 Å². The first kappa shape index (κ1) is 7.60. The van der Waals surface area contributed by atoms with Gasteiger partial charge in [0.25, 0.3) is 0 Å². The van der Waals surface area contributed by atoms with E-state index in [0.717, 1.165) is 6.42 Å². The molecule has 0 fully saturated rings. The Bertz CT molecular complexity index is 298. The third kappa shape index (κ3) is 1.29. The lowest BCUT2D eigenvalue weighted by atomic mass is 9.93. The van der Waals surface area contributed by atoms with Crippen LogP contribution in [0.2, 0.25) is 0 Å². The highest BCUT2D eigenvalue weighted by molar-refractivity contribution is 5.53. The summed E-state index contributed by atoms with van der Waals surface area (Å²) in [5, 5.41) is 0. The highest BCUT2D eigenvalue weighted by Crippen LogP contribution is 2.28. The van der Waals surface area contributed by atoms with Crippen LogP contribution in [0.15, 0.2) is 47.1 Å². The molecule has 0 bridgehead atoms. The normalized spacial score (nSPS) is 21.9. The molecule has 2 aliphatic rings. The molecule has 0 aliphatic heterocycles. The number of hydrogen-bond donors (Lipinski definition) is 0. The van der Waals surface area contributed by atoms with E-state index in [2.05, 4.69) is 37.3 Å². The highest BCUT2D eigenvalue weighted by atomic mass is 14.1. The molecular formula is C12H14. The molecule has 0 amide bonds. The molecule has 0 aromatic heterocycles. The lowest BCUT2D eigenvalue weighted by Crippen LogP contribution is -1.93. The Morgan fingerprint density at radius 3 is 2.83 bits per heavy atom. The molecule has 2 aliphatic carbocycles. The van der Waals surface area contributed by atoms with Crippen molar-refractivity contribution in [3.63, 3.8) is 0 Å². The van der Waals surface area contributed by atoms with Gasteiger partial charge in [-0.2, -0.15) is 0 Å². The van der Waals surface area contributed by atoms with Gasteiger partial charge in [0.15, 0.2) is 0 Å². The van der Waals surface area contributed by atoms with Crippen molar-refractivity contribution in [2.45, 2.75) is 26.2 Å². The fourth-order valence-electron chi connectivity index (χ4n) is 1.79. The molecule has 0 radical (unpaired) electrons. The van der Waals surface area contributed by atoms with Gasteiger partial charge in [-0.05, 0) is 42.9 Å². The third-order valence-electron chi connectivity index (χ3n) is 2.47. The van der Waals surface area contributed by atoms with Crippen LogP contribution < -0.4 is 0 Å². The number of allylic oxidation sites excluding steroid dienone is 8. The smallest absolute Gasteiger partial charge is 0.0160 e. The van der Waals surface area contributed by atoms with Gasteiger partial charge in [-0.25, -0.2) is 0 Å². The van der Waals surface area contributed by atoms with Gasteiger partial charge in [0.1, 0.15) is 0 Å². The summed E-state index contributed by atoms with van der Waals surface area (Å²) in [5.74, 6) is 0. The maximum Gasteiger partial charge on any atom is -0.0160 e. The first-order chi connectivity index (χ1) is 5.88. The topological polar surface area (TPSA) is 0 Å². The van der Waals surface area contributed by atoms with Crippen molar-refractivity contribution in [1.29, 1.82) is 0 Å². The van der Waals surface area contributed by atoms with Crippen LogP contribution in [0.4, 0.5) is 0 Å². The molecule has 0 heterocycles. The number of hydrogen-bond acceptors (Lipinski definition) is 0. The van der Waals surface area contributed by atoms with Gasteiger partial charge in [-0.15, -0.1) is 0 Å². The summed E-state index contributed by atoms with van der Waals surface area (Å²) in [6.07, 6.45) is 15.0. The van der Waals surface area contributed by atoms with Crippen LogP contribution in [0.25, 0.3) is 0 Å². The Morgan fingerprint density at radius 1 is 1.08 bits per heavy atom. The molecule has 0 heteroatoms. The molecule has 0 saturated carbocycles. The molecule has 12 heavy (non-hydrogen) atoms. The van der Waals surface area contributed by atoms with E-state index >= 15 is 0 Å². The van der Waals surface area contributed by atoms with Crippen LogP contribution in [0, 0.1) is 0 Å². The zero-order chi connectivity index (χ0) is 8.39. The standard InChI is InChI=1S/C12H14/c1-10-6-2-3-7-11-8-4-5-9-12(10)11/h3,6-9H,2,4-5H2,1H3. The summed E-state index contributed by atoms with van der Waals surface area (Å²) in [6, 6.07) is 0. The van der Waals surface area contributed by atoms with E-state index in [0.29, 0.717) is 0 Å². The number of fused-ring (bicyclic) bond motifs is 1. The zero-order valence-corrected chi connectivity index (χ0v) is 7.51. The van der Waals surface area contributed by atoms with Crippen molar-refractivity contribution in [2.75, 3.05) is 0 Å². The molecule has 0 aromatic carbocycles. The average Bonchev–Trinajstić information content (AvgIpc) is 2.29. The van der Waals surface area contributed by atoms with Gasteiger partial charge in [-0.1, -0.05) is 30.4 Å². The Hall–Kier alpha value is -1.04. The minimum Gasteiger partial charge on any atom is -0.0801 e. The Morgan fingerprint density at radius 2 is 1.92 bits per heavy atom. The molecule has 0 spiro atoms. The Labute approximate surface area is 74.0 Å². The van der Waals surface area contributed by atoms with Crippen molar-refractivity contribution in [1.82, 2.24) is 0 Å². The summed E-state index contributed by atoms with van der Waals surface area (Å²) in [4.78, 5) is 0. The van der Waals surface area contributed by atoms with Gasteiger partial charge in [-0.3, -0.25) is 0 Å². The van der Waals surface area contributed by atoms with Crippen LogP contribution in [0.1, 0.15) is 26.2 Å². The Balaban J connectivity index is 2.43. The quantitative estimate of drug-likeness (QED) is 0.506. The van der Waals surface area contributed by atoms with E-state index in [-0.39, 0.29) is 0 Å². The van der Waals surface area contributed by atoms with E-state index in [1.54, 1.807) is 0 Å². The predicted molar refractivity (Wildman–Crippen MR) is 52.9 cm³/mol. The van der Waals surface area contributed by atoms with Gasteiger partial charge in [0.05, 0.1) is 0 Å². The molecule has 0 aromatic rings. The summed E-state index contributed by atoms with van der Waals surface area (Å²) in [7, 11) is 0. The van der Waals surface area contributed by atoms with Crippen molar-refractivity contribution in [3.8, 4) is 0 Å². The van der Waals surface area contributed by atoms with Crippen molar-refractivity contribution < 1.29 is 0 Å². The minimum atomic E-state index is 1.08.